The normalized spacial score (nSPS) is 11.7. The lowest BCUT2D eigenvalue weighted by Gasteiger charge is -2.11. The quantitative estimate of drug-likeness (QED) is 0.178. The molecule has 5 nitrogen and oxygen atoms in total. The van der Waals surface area contributed by atoms with Crippen molar-refractivity contribution in [3.8, 4) is 56.5 Å². The highest BCUT2D eigenvalue weighted by atomic mass is 32.1. The van der Waals surface area contributed by atoms with Crippen LogP contribution in [-0.2, 0) is 0 Å². The zero-order valence-electron chi connectivity index (χ0n) is 28.8. The molecule has 54 heavy (non-hydrogen) atoms. The lowest BCUT2D eigenvalue weighted by molar-refractivity contribution is 0.669. The minimum Gasteiger partial charge on any atom is -0.455 e. The van der Waals surface area contributed by atoms with Crippen molar-refractivity contribution in [2.75, 3.05) is 0 Å². The van der Waals surface area contributed by atoms with E-state index < -0.39 is 0 Å². The Labute approximate surface area is 313 Å². The minimum atomic E-state index is 0.563. The second kappa shape index (κ2) is 12.3. The number of para-hydroxylation sites is 3. The summed E-state index contributed by atoms with van der Waals surface area (Å²) in [6, 6.07) is 58.5. The minimum absolute atomic E-state index is 0.563. The van der Waals surface area contributed by atoms with Gasteiger partial charge in [-0.15, -0.1) is 11.3 Å². The smallest absolute Gasteiger partial charge is 0.167 e. The third kappa shape index (κ3) is 4.99. The summed E-state index contributed by atoms with van der Waals surface area (Å²) in [4.78, 5) is 20.4. The predicted octanol–water partition coefficient (Wildman–Crippen LogP) is 13.0. The highest BCUT2D eigenvalue weighted by Crippen LogP contribution is 2.43. The summed E-state index contributed by atoms with van der Waals surface area (Å²) in [5.41, 5.74) is 9.50. The standard InChI is InChI=1S/C48H28N4OS/c1-2-12-31(13-3-1)46-50-47(52-48(51-46)38-20-11-19-35-34-16-5-8-22-40(34)53-44(35)38)33-15-10-14-32(28-33)29-24-26-30(27-25-29)43-42-37-18-6-9-23-41(37)54-45(42)36-17-4-7-21-39(36)49-43/h1-28H. The zero-order chi connectivity index (χ0) is 35.6. The van der Waals surface area contributed by atoms with Gasteiger partial charge in [0.25, 0.3) is 0 Å². The highest BCUT2D eigenvalue weighted by molar-refractivity contribution is 7.26. The van der Waals surface area contributed by atoms with Gasteiger partial charge in [-0.3, -0.25) is 0 Å². The molecule has 0 bridgehead atoms. The number of rotatable bonds is 5. The largest absolute Gasteiger partial charge is 0.455 e. The Morgan fingerprint density at radius 2 is 1.04 bits per heavy atom. The summed E-state index contributed by atoms with van der Waals surface area (Å²) in [7, 11) is 0. The van der Waals surface area contributed by atoms with Crippen LogP contribution in [-0.4, -0.2) is 19.9 Å². The van der Waals surface area contributed by atoms with Gasteiger partial charge in [0.1, 0.15) is 11.2 Å². The summed E-state index contributed by atoms with van der Waals surface area (Å²) < 4.78 is 8.95. The van der Waals surface area contributed by atoms with Gasteiger partial charge < -0.3 is 4.42 Å². The van der Waals surface area contributed by atoms with Crippen LogP contribution in [0.5, 0.6) is 0 Å². The molecule has 11 rings (SSSR count). The van der Waals surface area contributed by atoms with E-state index in [1.807, 2.05) is 72.0 Å². The van der Waals surface area contributed by atoms with Crippen molar-refractivity contribution in [3.05, 3.63) is 170 Å². The molecule has 4 heterocycles. The van der Waals surface area contributed by atoms with E-state index in [-0.39, 0.29) is 0 Å². The number of thiophene rings is 1. The van der Waals surface area contributed by atoms with Gasteiger partial charge in [0, 0.05) is 53.0 Å². The number of furan rings is 1. The van der Waals surface area contributed by atoms with Crippen molar-refractivity contribution < 1.29 is 4.42 Å². The van der Waals surface area contributed by atoms with E-state index in [4.69, 9.17) is 24.4 Å². The second-order valence-corrected chi connectivity index (χ2v) is 14.4. The topological polar surface area (TPSA) is 64.7 Å². The average molecular weight is 709 g/mol. The molecule has 0 aliphatic rings. The van der Waals surface area contributed by atoms with E-state index in [0.29, 0.717) is 17.5 Å². The van der Waals surface area contributed by atoms with E-state index in [1.54, 1.807) is 0 Å². The number of hydrogen-bond acceptors (Lipinski definition) is 6. The SMILES string of the molecule is c1ccc(-c2nc(-c3cccc(-c4ccc(-c5nc6ccccc6c6sc7ccccc7c56)cc4)c3)nc(-c3cccc4c3oc3ccccc34)n2)cc1. The van der Waals surface area contributed by atoms with E-state index >= 15 is 0 Å². The first-order valence-electron chi connectivity index (χ1n) is 17.9. The van der Waals surface area contributed by atoms with E-state index in [2.05, 4.69) is 109 Å². The Balaban J connectivity index is 1.02. The van der Waals surface area contributed by atoms with E-state index in [9.17, 15) is 0 Å². The molecular formula is C48H28N4OS. The Morgan fingerprint density at radius 3 is 1.91 bits per heavy atom. The van der Waals surface area contributed by atoms with E-state index in [1.165, 1.54) is 25.6 Å². The predicted molar refractivity (Wildman–Crippen MR) is 222 cm³/mol. The van der Waals surface area contributed by atoms with Crippen LogP contribution in [0.4, 0.5) is 0 Å². The van der Waals surface area contributed by atoms with Crippen LogP contribution >= 0.6 is 11.3 Å². The molecular weight excluding hydrogens is 681 g/mol. The summed E-state index contributed by atoms with van der Waals surface area (Å²) in [6.45, 7) is 0. The number of hydrogen-bond donors (Lipinski definition) is 0. The molecule has 0 saturated carbocycles. The Morgan fingerprint density at radius 1 is 0.407 bits per heavy atom. The third-order valence-corrected chi connectivity index (χ3v) is 11.3. The number of fused-ring (bicyclic) bond motifs is 8. The average Bonchev–Trinajstić information content (AvgIpc) is 3.83. The number of benzene rings is 7. The Hall–Kier alpha value is -7.02. The number of nitrogens with zero attached hydrogens (tertiary/aromatic N) is 4. The van der Waals surface area contributed by atoms with Crippen molar-refractivity contribution in [2.45, 2.75) is 0 Å². The molecule has 0 atom stereocenters. The van der Waals surface area contributed by atoms with Gasteiger partial charge >= 0.3 is 0 Å². The number of pyridine rings is 1. The monoisotopic (exact) mass is 708 g/mol. The zero-order valence-corrected chi connectivity index (χ0v) is 29.6. The summed E-state index contributed by atoms with van der Waals surface area (Å²) in [6.07, 6.45) is 0. The third-order valence-electron chi connectivity index (χ3n) is 10.1. The van der Waals surface area contributed by atoms with Crippen LogP contribution < -0.4 is 0 Å². The van der Waals surface area contributed by atoms with Crippen LogP contribution in [0, 0.1) is 0 Å². The van der Waals surface area contributed by atoms with Crippen molar-refractivity contribution in [2.24, 2.45) is 0 Å². The molecule has 0 aliphatic heterocycles. The maximum absolute atomic E-state index is 6.40. The fourth-order valence-corrected chi connectivity index (χ4v) is 8.78. The first kappa shape index (κ1) is 30.6. The first-order chi connectivity index (χ1) is 26.7. The molecule has 0 fully saturated rings. The van der Waals surface area contributed by atoms with Crippen LogP contribution in [0.1, 0.15) is 0 Å². The lowest BCUT2D eigenvalue weighted by Crippen LogP contribution is -2.00. The molecule has 0 unspecified atom stereocenters. The molecule has 0 radical (unpaired) electrons. The van der Waals surface area contributed by atoms with Gasteiger partial charge in [-0.25, -0.2) is 19.9 Å². The molecule has 0 amide bonds. The van der Waals surface area contributed by atoms with Gasteiger partial charge in [-0.2, -0.15) is 0 Å². The molecule has 0 spiro atoms. The maximum atomic E-state index is 6.40. The Kier molecular flexibility index (Phi) is 6.97. The molecule has 6 heteroatoms. The highest BCUT2D eigenvalue weighted by Gasteiger charge is 2.19. The molecule has 7 aromatic carbocycles. The van der Waals surface area contributed by atoms with Crippen molar-refractivity contribution >= 4 is 64.4 Å². The fourth-order valence-electron chi connectivity index (χ4n) is 7.54. The summed E-state index contributed by atoms with van der Waals surface area (Å²) in [5, 5.41) is 5.74. The van der Waals surface area contributed by atoms with Crippen LogP contribution in [0.3, 0.4) is 0 Å². The second-order valence-electron chi connectivity index (χ2n) is 13.4. The van der Waals surface area contributed by atoms with Crippen molar-refractivity contribution in [1.29, 1.82) is 0 Å². The molecule has 4 aromatic heterocycles. The van der Waals surface area contributed by atoms with Crippen LogP contribution in [0.2, 0.25) is 0 Å². The lowest BCUT2D eigenvalue weighted by atomic mass is 9.98. The van der Waals surface area contributed by atoms with Crippen molar-refractivity contribution in [3.63, 3.8) is 0 Å². The fraction of sp³-hybridized carbons (Fsp3) is 0. The van der Waals surface area contributed by atoms with Crippen LogP contribution in [0.25, 0.3) is 110 Å². The molecule has 11 aromatic rings. The van der Waals surface area contributed by atoms with Gasteiger partial charge in [0.15, 0.2) is 17.5 Å². The van der Waals surface area contributed by atoms with Gasteiger partial charge in [-0.1, -0.05) is 140 Å². The van der Waals surface area contributed by atoms with E-state index in [0.717, 1.165) is 66.5 Å². The Bertz CT molecular complexity index is 3220. The molecule has 252 valence electrons. The van der Waals surface area contributed by atoms with Gasteiger partial charge in [0.05, 0.1) is 16.8 Å². The summed E-state index contributed by atoms with van der Waals surface area (Å²) >= 11 is 1.84. The van der Waals surface area contributed by atoms with Gasteiger partial charge in [-0.05, 0) is 41.5 Å². The first-order valence-corrected chi connectivity index (χ1v) is 18.7. The molecule has 0 saturated heterocycles. The van der Waals surface area contributed by atoms with Crippen LogP contribution in [0.15, 0.2) is 174 Å². The summed E-state index contributed by atoms with van der Waals surface area (Å²) in [5.74, 6) is 1.76. The molecule has 0 N–H and O–H groups in total. The molecule has 0 aliphatic carbocycles. The number of aromatic nitrogens is 4. The van der Waals surface area contributed by atoms with Crippen molar-refractivity contribution in [1.82, 2.24) is 19.9 Å². The maximum Gasteiger partial charge on any atom is 0.167 e. The van der Waals surface area contributed by atoms with Gasteiger partial charge in [0.2, 0.25) is 0 Å².